The SMILES string of the molecule is CC(C(=O)OC1(c2ccccc2)CC[NH2+]CC1)c1ccccc1. The molecule has 0 amide bonds. The number of hydrogen-bond acceptors (Lipinski definition) is 2. The third-order valence-corrected chi connectivity index (χ3v) is 4.75. The number of carbonyl (C=O) groups is 1. The summed E-state index contributed by atoms with van der Waals surface area (Å²) in [6.07, 6.45) is 1.73. The number of piperidine rings is 1. The van der Waals surface area contributed by atoms with E-state index < -0.39 is 5.60 Å². The van der Waals surface area contributed by atoms with Crippen molar-refractivity contribution in [2.75, 3.05) is 13.1 Å². The lowest BCUT2D eigenvalue weighted by atomic mass is 9.84. The van der Waals surface area contributed by atoms with Gasteiger partial charge in [0.2, 0.25) is 0 Å². The van der Waals surface area contributed by atoms with Crippen LogP contribution >= 0.6 is 0 Å². The van der Waals surface area contributed by atoms with E-state index >= 15 is 0 Å². The fourth-order valence-electron chi connectivity index (χ4n) is 3.29. The van der Waals surface area contributed by atoms with Crippen LogP contribution in [0.5, 0.6) is 0 Å². The summed E-state index contributed by atoms with van der Waals surface area (Å²) in [5.41, 5.74) is 1.64. The van der Waals surface area contributed by atoms with Gasteiger partial charge in [-0.15, -0.1) is 0 Å². The van der Waals surface area contributed by atoms with Crippen molar-refractivity contribution < 1.29 is 14.8 Å². The van der Waals surface area contributed by atoms with Crippen LogP contribution in [0.25, 0.3) is 0 Å². The fourth-order valence-corrected chi connectivity index (χ4v) is 3.29. The Kier molecular flexibility index (Phi) is 4.77. The maximum absolute atomic E-state index is 12.8. The number of ether oxygens (including phenoxy) is 1. The Bertz CT molecular complexity index is 633. The zero-order chi connectivity index (χ0) is 16.1. The first-order chi connectivity index (χ1) is 11.2. The minimum absolute atomic E-state index is 0.137. The average molecular weight is 310 g/mol. The first-order valence-electron chi connectivity index (χ1n) is 8.36. The number of benzene rings is 2. The Hall–Kier alpha value is -2.13. The molecule has 0 aromatic heterocycles. The summed E-state index contributed by atoms with van der Waals surface area (Å²) in [5.74, 6) is -0.385. The van der Waals surface area contributed by atoms with Gasteiger partial charge in [-0.05, 0) is 18.1 Å². The second-order valence-corrected chi connectivity index (χ2v) is 6.28. The average Bonchev–Trinajstić information content (AvgIpc) is 2.63. The topological polar surface area (TPSA) is 42.9 Å². The van der Waals surface area contributed by atoms with E-state index in [2.05, 4.69) is 17.4 Å². The Morgan fingerprint density at radius 2 is 1.57 bits per heavy atom. The van der Waals surface area contributed by atoms with E-state index in [9.17, 15) is 4.79 Å². The molecular weight excluding hydrogens is 286 g/mol. The lowest BCUT2D eigenvalue weighted by Gasteiger charge is -2.36. The molecule has 0 radical (unpaired) electrons. The van der Waals surface area contributed by atoms with Gasteiger partial charge in [0, 0.05) is 12.8 Å². The predicted octanol–water partition coefficient (Wildman–Crippen LogP) is 2.59. The van der Waals surface area contributed by atoms with Crippen LogP contribution in [-0.2, 0) is 15.1 Å². The molecule has 3 rings (SSSR count). The van der Waals surface area contributed by atoms with Crippen LogP contribution in [0.2, 0.25) is 0 Å². The highest BCUT2D eigenvalue weighted by atomic mass is 16.6. The highest BCUT2D eigenvalue weighted by molar-refractivity contribution is 5.78. The zero-order valence-electron chi connectivity index (χ0n) is 13.6. The monoisotopic (exact) mass is 310 g/mol. The van der Waals surface area contributed by atoms with Crippen molar-refractivity contribution in [3.63, 3.8) is 0 Å². The van der Waals surface area contributed by atoms with Gasteiger partial charge < -0.3 is 10.1 Å². The van der Waals surface area contributed by atoms with Gasteiger partial charge in [-0.2, -0.15) is 0 Å². The van der Waals surface area contributed by atoms with Gasteiger partial charge in [0.1, 0.15) is 5.60 Å². The van der Waals surface area contributed by atoms with Crippen molar-refractivity contribution in [3.05, 3.63) is 71.8 Å². The minimum Gasteiger partial charge on any atom is -0.453 e. The summed E-state index contributed by atoms with van der Waals surface area (Å²) in [5, 5.41) is 2.29. The summed E-state index contributed by atoms with van der Waals surface area (Å²) in [6, 6.07) is 20.0. The molecule has 2 N–H and O–H groups in total. The van der Waals surface area contributed by atoms with Crippen molar-refractivity contribution in [3.8, 4) is 0 Å². The third kappa shape index (κ3) is 3.45. The molecule has 0 aliphatic carbocycles. The van der Waals surface area contributed by atoms with E-state index in [1.54, 1.807) is 0 Å². The molecule has 1 fully saturated rings. The number of carbonyl (C=O) groups excluding carboxylic acids is 1. The largest absolute Gasteiger partial charge is 0.453 e. The van der Waals surface area contributed by atoms with Crippen LogP contribution in [0.15, 0.2) is 60.7 Å². The van der Waals surface area contributed by atoms with Crippen LogP contribution in [-0.4, -0.2) is 19.1 Å². The summed E-state index contributed by atoms with van der Waals surface area (Å²) < 4.78 is 6.12. The molecule has 1 saturated heterocycles. The van der Waals surface area contributed by atoms with Crippen molar-refractivity contribution >= 4 is 5.97 Å². The van der Waals surface area contributed by atoms with E-state index in [0.29, 0.717) is 0 Å². The smallest absolute Gasteiger partial charge is 0.314 e. The predicted molar refractivity (Wildman–Crippen MR) is 90.0 cm³/mol. The van der Waals surface area contributed by atoms with Gasteiger partial charge in [0.05, 0.1) is 19.0 Å². The summed E-state index contributed by atoms with van der Waals surface area (Å²) in [6.45, 7) is 3.90. The van der Waals surface area contributed by atoms with E-state index in [4.69, 9.17) is 4.74 Å². The van der Waals surface area contributed by atoms with Gasteiger partial charge in [0.15, 0.2) is 0 Å². The normalized spacial score (nSPS) is 18.1. The second kappa shape index (κ2) is 6.97. The molecule has 2 aromatic rings. The molecule has 1 heterocycles. The van der Waals surface area contributed by atoms with Crippen LogP contribution < -0.4 is 5.32 Å². The lowest BCUT2D eigenvalue weighted by molar-refractivity contribution is -0.668. The van der Waals surface area contributed by atoms with Crippen LogP contribution in [0.4, 0.5) is 0 Å². The second-order valence-electron chi connectivity index (χ2n) is 6.28. The Morgan fingerprint density at radius 3 is 2.17 bits per heavy atom. The maximum Gasteiger partial charge on any atom is 0.314 e. The molecule has 0 spiro atoms. The van der Waals surface area contributed by atoms with Crippen molar-refractivity contribution in [1.29, 1.82) is 0 Å². The molecule has 120 valence electrons. The third-order valence-electron chi connectivity index (χ3n) is 4.75. The van der Waals surface area contributed by atoms with Gasteiger partial charge in [-0.1, -0.05) is 60.7 Å². The Balaban J connectivity index is 1.83. The van der Waals surface area contributed by atoms with Crippen LogP contribution in [0, 0.1) is 0 Å². The van der Waals surface area contributed by atoms with Gasteiger partial charge >= 0.3 is 5.97 Å². The van der Waals surface area contributed by atoms with E-state index in [1.165, 1.54) is 0 Å². The van der Waals surface area contributed by atoms with Crippen molar-refractivity contribution in [2.24, 2.45) is 0 Å². The molecule has 3 heteroatoms. The van der Waals surface area contributed by atoms with Gasteiger partial charge in [0.25, 0.3) is 0 Å². The number of rotatable bonds is 4. The molecule has 1 aliphatic rings. The first kappa shape index (κ1) is 15.8. The fraction of sp³-hybridized carbons (Fsp3) is 0.350. The Labute approximate surface area is 137 Å². The molecular formula is C20H24NO2+. The molecule has 1 unspecified atom stereocenters. The molecule has 2 aromatic carbocycles. The van der Waals surface area contributed by atoms with E-state index in [-0.39, 0.29) is 11.9 Å². The number of hydrogen-bond donors (Lipinski definition) is 1. The van der Waals surface area contributed by atoms with Gasteiger partial charge in [-0.3, -0.25) is 4.79 Å². The number of esters is 1. The van der Waals surface area contributed by atoms with Crippen LogP contribution in [0.3, 0.4) is 0 Å². The van der Waals surface area contributed by atoms with Gasteiger partial charge in [-0.25, -0.2) is 0 Å². The quantitative estimate of drug-likeness (QED) is 0.882. The molecule has 1 aliphatic heterocycles. The minimum atomic E-state index is -0.476. The lowest BCUT2D eigenvalue weighted by Crippen LogP contribution is -2.87. The highest BCUT2D eigenvalue weighted by Gasteiger charge is 2.40. The van der Waals surface area contributed by atoms with Crippen molar-refractivity contribution in [2.45, 2.75) is 31.3 Å². The highest BCUT2D eigenvalue weighted by Crippen LogP contribution is 2.35. The molecule has 3 nitrogen and oxygen atoms in total. The van der Waals surface area contributed by atoms with Crippen molar-refractivity contribution in [1.82, 2.24) is 0 Å². The molecule has 23 heavy (non-hydrogen) atoms. The summed E-state index contributed by atoms with van der Waals surface area (Å²) in [7, 11) is 0. The summed E-state index contributed by atoms with van der Waals surface area (Å²) in [4.78, 5) is 12.8. The number of quaternary nitrogens is 1. The number of nitrogens with two attached hydrogens (primary N) is 1. The summed E-state index contributed by atoms with van der Waals surface area (Å²) >= 11 is 0. The standard InChI is InChI=1S/C20H23NO2/c1-16(17-8-4-2-5-9-17)19(22)23-20(12-14-21-15-13-20)18-10-6-3-7-11-18/h2-11,16,21H,12-15H2,1H3/p+1. The molecule has 0 saturated carbocycles. The van der Waals surface area contributed by atoms with E-state index in [1.807, 2.05) is 55.5 Å². The van der Waals surface area contributed by atoms with E-state index in [0.717, 1.165) is 37.1 Å². The zero-order valence-corrected chi connectivity index (χ0v) is 13.6. The molecule has 0 bridgehead atoms. The molecule has 1 atom stereocenters. The Morgan fingerprint density at radius 1 is 1.00 bits per heavy atom. The van der Waals surface area contributed by atoms with Crippen LogP contribution in [0.1, 0.15) is 36.8 Å². The maximum atomic E-state index is 12.8. The first-order valence-corrected chi connectivity index (χ1v) is 8.36.